The third-order valence-corrected chi connectivity index (χ3v) is 7.33. The molecule has 0 aliphatic heterocycles. The first-order valence-electron chi connectivity index (χ1n) is 6.28. The average molecular weight is 382 g/mol. The molecule has 0 saturated heterocycles. The molecule has 1 aliphatic rings. The normalized spacial score (nSPS) is 27.4. The molecule has 2 rings (SSSR count). The number of carbonyl (C=O) groups is 1. The van der Waals surface area contributed by atoms with Crippen LogP contribution < -0.4 is 4.72 Å². The van der Waals surface area contributed by atoms with Crippen molar-refractivity contribution in [2.45, 2.75) is 42.4 Å². The Balaban J connectivity index is 2.27. The Labute approximate surface area is 130 Å². The molecule has 1 aromatic heterocycles. The van der Waals surface area contributed by atoms with Gasteiger partial charge in [0.1, 0.15) is 9.75 Å². The smallest absolute Gasteiger partial charge is 0.324 e. The summed E-state index contributed by atoms with van der Waals surface area (Å²) in [7, 11) is -3.80. The number of rotatable bonds is 4. The van der Waals surface area contributed by atoms with Crippen molar-refractivity contribution < 1.29 is 18.3 Å². The van der Waals surface area contributed by atoms with Gasteiger partial charge in [0.25, 0.3) is 10.0 Å². The molecule has 2 N–H and O–H groups in total. The fraction of sp³-hybridized carbons (Fsp3) is 0.583. The zero-order chi connectivity index (χ0) is 15.0. The minimum atomic E-state index is -3.80. The maximum atomic E-state index is 12.3. The number of sulfonamides is 1. The summed E-state index contributed by atoms with van der Waals surface area (Å²) in [5.41, 5.74) is -1.37. The van der Waals surface area contributed by atoms with Gasteiger partial charge in [-0.05, 0) is 59.7 Å². The number of hydrogen-bond acceptors (Lipinski definition) is 4. The lowest BCUT2D eigenvalue weighted by molar-refractivity contribution is -0.145. The van der Waals surface area contributed by atoms with Gasteiger partial charge in [-0.1, -0.05) is 6.92 Å². The van der Waals surface area contributed by atoms with Gasteiger partial charge in [0.15, 0.2) is 0 Å². The summed E-state index contributed by atoms with van der Waals surface area (Å²) >= 11 is 4.28. The van der Waals surface area contributed by atoms with Crippen LogP contribution in [0.25, 0.3) is 0 Å². The predicted molar refractivity (Wildman–Crippen MR) is 80.3 cm³/mol. The van der Waals surface area contributed by atoms with E-state index in [4.69, 9.17) is 0 Å². The second-order valence-corrected chi connectivity index (χ2v) is 9.61. The van der Waals surface area contributed by atoms with Crippen molar-refractivity contribution in [3.05, 3.63) is 15.9 Å². The lowest BCUT2D eigenvalue weighted by Gasteiger charge is -2.35. The van der Waals surface area contributed by atoms with E-state index in [2.05, 4.69) is 27.6 Å². The second kappa shape index (κ2) is 5.75. The number of hydrogen-bond donors (Lipinski definition) is 2. The molecule has 1 aromatic rings. The Kier molecular flexibility index (Phi) is 4.58. The molecule has 0 radical (unpaired) electrons. The maximum absolute atomic E-state index is 12.3. The summed E-state index contributed by atoms with van der Waals surface area (Å²) in [6.45, 7) is 2.05. The molecule has 5 nitrogen and oxygen atoms in total. The van der Waals surface area contributed by atoms with E-state index in [1.54, 1.807) is 6.07 Å². The third-order valence-electron chi connectivity index (χ3n) is 3.68. The van der Waals surface area contributed by atoms with Gasteiger partial charge < -0.3 is 5.11 Å². The van der Waals surface area contributed by atoms with E-state index in [9.17, 15) is 18.3 Å². The van der Waals surface area contributed by atoms with Crippen LogP contribution in [-0.2, 0) is 14.8 Å². The largest absolute Gasteiger partial charge is 0.480 e. The monoisotopic (exact) mass is 381 g/mol. The van der Waals surface area contributed by atoms with Crippen LogP contribution in [0.5, 0.6) is 0 Å². The Morgan fingerprint density at radius 2 is 2.05 bits per heavy atom. The molecule has 0 aromatic carbocycles. The van der Waals surface area contributed by atoms with Crippen LogP contribution in [-0.4, -0.2) is 25.0 Å². The highest BCUT2D eigenvalue weighted by molar-refractivity contribution is 9.11. The van der Waals surface area contributed by atoms with Crippen molar-refractivity contribution in [1.82, 2.24) is 4.72 Å². The fourth-order valence-electron chi connectivity index (χ4n) is 2.36. The number of carboxylic acid groups (broad SMARTS) is 1. The van der Waals surface area contributed by atoms with Crippen LogP contribution in [0, 0.1) is 5.92 Å². The van der Waals surface area contributed by atoms with Crippen LogP contribution in [0.2, 0.25) is 0 Å². The molecule has 1 aliphatic carbocycles. The first kappa shape index (κ1) is 15.9. The predicted octanol–water partition coefficient (Wildman–Crippen LogP) is 2.82. The zero-order valence-electron chi connectivity index (χ0n) is 10.9. The molecule has 0 atom stereocenters. The van der Waals surface area contributed by atoms with Crippen molar-refractivity contribution in [2.24, 2.45) is 5.92 Å². The molecule has 1 saturated carbocycles. The number of nitrogens with one attached hydrogen (secondary N) is 1. The van der Waals surface area contributed by atoms with Crippen molar-refractivity contribution in [2.75, 3.05) is 0 Å². The van der Waals surface area contributed by atoms with Gasteiger partial charge in [0.2, 0.25) is 0 Å². The SMILES string of the molecule is CC1CCC(NS(=O)(=O)c2ccc(Br)s2)(C(=O)O)CC1. The Bertz CT molecular complexity index is 603. The zero-order valence-corrected chi connectivity index (χ0v) is 14.1. The Hall–Kier alpha value is -0.440. The Morgan fingerprint density at radius 3 is 2.50 bits per heavy atom. The molecule has 0 bridgehead atoms. The van der Waals surface area contributed by atoms with Crippen LogP contribution in [0.15, 0.2) is 20.1 Å². The molecule has 1 heterocycles. The highest BCUT2D eigenvalue weighted by atomic mass is 79.9. The molecule has 20 heavy (non-hydrogen) atoms. The van der Waals surface area contributed by atoms with Gasteiger partial charge in [0, 0.05) is 0 Å². The molecule has 8 heteroatoms. The van der Waals surface area contributed by atoms with E-state index in [0.717, 1.165) is 11.3 Å². The minimum Gasteiger partial charge on any atom is -0.480 e. The van der Waals surface area contributed by atoms with Crippen molar-refractivity contribution in [1.29, 1.82) is 0 Å². The highest BCUT2D eigenvalue weighted by Gasteiger charge is 2.44. The molecular formula is C12H16BrNO4S2. The Morgan fingerprint density at radius 1 is 1.45 bits per heavy atom. The molecule has 112 valence electrons. The molecule has 1 fully saturated rings. The van der Waals surface area contributed by atoms with E-state index < -0.39 is 21.5 Å². The number of halogens is 1. The van der Waals surface area contributed by atoms with Crippen LogP contribution in [0.3, 0.4) is 0 Å². The minimum absolute atomic E-state index is 0.128. The summed E-state index contributed by atoms with van der Waals surface area (Å²) < 4.78 is 27.9. The summed E-state index contributed by atoms with van der Waals surface area (Å²) in [4.78, 5) is 11.6. The molecule has 0 unspecified atom stereocenters. The molecule has 0 spiro atoms. The van der Waals surface area contributed by atoms with E-state index in [1.165, 1.54) is 6.07 Å². The second-order valence-electron chi connectivity index (χ2n) is 5.23. The molecular weight excluding hydrogens is 366 g/mol. The van der Waals surface area contributed by atoms with E-state index in [-0.39, 0.29) is 4.21 Å². The van der Waals surface area contributed by atoms with Crippen LogP contribution >= 0.6 is 27.3 Å². The average Bonchev–Trinajstić information content (AvgIpc) is 2.79. The van der Waals surface area contributed by atoms with Crippen molar-refractivity contribution in [3.63, 3.8) is 0 Å². The first-order valence-corrected chi connectivity index (χ1v) is 9.37. The van der Waals surface area contributed by atoms with Crippen molar-refractivity contribution >= 4 is 43.3 Å². The topological polar surface area (TPSA) is 83.5 Å². The fourth-order valence-corrected chi connectivity index (χ4v) is 5.79. The standard InChI is InChI=1S/C12H16BrNO4S2/c1-8-4-6-12(7-5-8,11(15)16)14-20(17,18)10-3-2-9(13)19-10/h2-3,8,14H,4-7H2,1H3,(H,15,16). The highest BCUT2D eigenvalue weighted by Crippen LogP contribution is 2.34. The summed E-state index contributed by atoms with van der Waals surface area (Å²) in [6, 6.07) is 3.10. The van der Waals surface area contributed by atoms with Gasteiger partial charge >= 0.3 is 5.97 Å². The number of carboxylic acids is 1. The summed E-state index contributed by atoms with van der Waals surface area (Å²) in [5.74, 6) is -0.661. The first-order chi connectivity index (χ1) is 9.25. The van der Waals surface area contributed by atoms with E-state index in [0.29, 0.717) is 35.4 Å². The number of aliphatic carboxylic acids is 1. The third kappa shape index (κ3) is 3.24. The maximum Gasteiger partial charge on any atom is 0.324 e. The van der Waals surface area contributed by atoms with Gasteiger partial charge in [-0.3, -0.25) is 4.79 Å². The van der Waals surface area contributed by atoms with Crippen molar-refractivity contribution in [3.8, 4) is 0 Å². The van der Waals surface area contributed by atoms with Gasteiger partial charge in [-0.25, -0.2) is 8.42 Å². The quantitative estimate of drug-likeness (QED) is 0.839. The van der Waals surface area contributed by atoms with Gasteiger partial charge in [0.05, 0.1) is 3.79 Å². The van der Waals surface area contributed by atoms with Crippen LogP contribution in [0.4, 0.5) is 0 Å². The van der Waals surface area contributed by atoms with Crippen LogP contribution in [0.1, 0.15) is 32.6 Å². The lowest BCUT2D eigenvalue weighted by atomic mass is 9.78. The van der Waals surface area contributed by atoms with E-state index in [1.807, 2.05) is 0 Å². The van der Waals surface area contributed by atoms with Gasteiger partial charge in [-0.15, -0.1) is 11.3 Å². The number of thiophene rings is 1. The lowest BCUT2D eigenvalue weighted by Crippen LogP contribution is -2.56. The summed E-state index contributed by atoms with van der Waals surface area (Å²) in [5, 5.41) is 9.46. The summed E-state index contributed by atoms with van der Waals surface area (Å²) in [6.07, 6.45) is 2.08. The molecule has 0 amide bonds. The van der Waals surface area contributed by atoms with Gasteiger partial charge in [-0.2, -0.15) is 4.72 Å². The van der Waals surface area contributed by atoms with E-state index >= 15 is 0 Å².